The Kier molecular flexibility index (Phi) is 6.90. The highest BCUT2D eigenvalue weighted by Gasteiger charge is 2.32. The summed E-state index contributed by atoms with van der Waals surface area (Å²) in [5.74, 6) is 0.445. The van der Waals surface area contributed by atoms with Gasteiger partial charge < -0.3 is 5.32 Å². The van der Waals surface area contributed by atoms with Crippen LogP contribution in [0.25, 0.3) is 0 Å². The van der Waals surface area contributed by atoms with Gasteiger partial charge in [-0.25, -0.2) is 0 Å². The van der Waals surface area contributed by atoms with E-state index >= 15 is 0 Å². The molecule has 0 radical (unpaired) electrons. The Morgan fingerprint density at radius 2 is 1.73 bits per heavy atom. The van der Waals surface area contributed by atoms with E-state index in [0.717, 1.165) is 17.3 Å². The molecule has 2 fully saturated rings. The highest BCUT2D eigenvalue weighted by Crippen LogP contribution is 2.36. The van der Waals surface area contributed by atoms with Gasteiger partial charge in [0, 0.05) is 12.1 Å². The average molecular weight is 423 g/mol. The predicted octanol–water partition coefficient (Wildman–Crippen LogP) is 5.55. The number of thioether (sulfide) groups is 1. The lowest BCUT2D eigenvalue weighted by molar-refractivity contribution is -0.118. The zero-order valence-corrected chi connectivity index (χ0v) is 18.3. The van der Waals surface area contributed by atoms with Gasteiger partial charge in [0.25, 0.3) is 5.24 Å². The minimum atomic E-state index is -0.322. The molecule has 4 nitrogen and oxygen atoms in total. The number of imide groups is 1. The summed E-state index contributed by atoms with van der Waals surface area (Å²) in [5, 5.41) is 5.75. The molecule has 2 N–H and O–H groups in total. The molecule has 30 heavy (non-hydrogen) atoms. The number of nitrogens with one attached hydrogen (secondary N) is 2. The van der Waals surface area contributed by atoms with E-state index < -0.39 is 0 Å². The van der Waals surface area contributed by atoms with Crippen LogP contribution in [-0.4, -0.2) is 16.4 Å². The Labute approximate surface area is 183 Å². The van der Waals surface area contributed by atoms with Crippen LogP contribution in [0, 0.1) is 5.92 Å². The van der Waals surface area contributed by atoms with Crippen LogP contribution >= 0.6 is 11.8 Å². The van der Waals surface area contributed by atoms with Crippen LogP contribution < -0.4 is 10.6 Å². The first-order valence-corrected chi connectivity index (χ1v) is 11.9. The van der Waals surface area contributed by atoms with Gasteiger partial charge in [0.05, 0.1) is 5.25 Å². The highest BCUT2D eigenvalue weighted by molar-refractivity contribution is 8.15. The van der Waals surface area contributed by atoms with Crippen LogP contribution in [0.2, 0.25) is 0 Å². The second kappa shape index (κ2) is 9.80. The second-order valence-electron chi connectivity index (χ2n) is 8.51. The van der Waals surface area contributed by atoms with Crippen molar-refractivity contribution in [2.45, 2.75) is 62.8 Å². The maximum atomic E-state index is 12.0. The minimum Gasteiger partial charge on any atom is -0.303 e. The van der Waals surface area contributed by atoms with Crippen LogP contribution in [0.3, 0.4) is 0 Å². The third-order valence-electron chi connectivity index (χ3n) is 6.35. The predicted molar refractivity (Wildman–Crippen MR) is 122 cm³/mol. The zero-order valence-electron chi connectivity index (χ0n) is 17.5. The first-order chi connectivity index (χ1) is 14.6. The normalized spacial score (nSPS) is 22.0. The van der Waals surface area contributed by atoms with Crippen molar-refractivity contribution in [1.29, 1.82) is 0 Å². The van der Waals surface area contributed by atoms with Gasteiger partial charge >= 0.3 is 0 Å². The molecule has 1 aliphatic heterocycles. The Morgan fingerprint density at radius 1 is 1.00 bits per heavy atom. The molecule has 1 saturated heterocycles. The van der Waals surface area contributed by atoms with Crippen LogP contribution in [0.5, 0.6) is 0 Å². The summed E-state index contributed by atoms with van der Waals surface area (Å²) in [6.07, 6.45) is 7.01. The maximum absolute atomic E-state index is 12.0. The Hall–Kier alpha value is -2.11. The van der Waals surface area contributed by atoms with Crippen molar-refractivity contribution in [3.05, 3.63) is 71.3 Å². The smallest absolute Gasteiger partial charge is 0.286 e. The van der Waals surface area contributed by atoms with E-state index in [4.69, 9.17) is 0 Å². The van der Waals surface area contributed by atoms with E-state index in [1.807, 2.05) is 0 Å². The summed E-state index contributed by atoms with van der Waals surface area (Å²) < 4.78 is 0. The lowest BCUT2D eigenvalue weighted by Crippen LogP contribution is -2.32. The summed E-state index contributed by atoms with van der Waals surface area (Å²) in [5.41, 5.74) is 3.70. The van der Waals surface area contributed by atoms with E-state index in [1.54, 1.807) is 0 Å². The number of hydrogen-bond donors (Lipinski definition) is 2. The first kappa shape index (κ1) is 21.1. The van der Waals surface area contributed by atoms with Crippen molar-refractivity contribution in [3.63, 3.8) is 0 Å². The van der Waals surface area contributed by atoms with E-state index in [0.29, 0.717) is 12.3 Å². The monoisotopic (exact) mass is 422 g/mol. The van der Waals surface area contributed by atoms with Gasteiger partial charge in [-0.15, -0.1) is 0 Å². The maximum Gasteiger partial charge on any atom is 0.286 e. The summed E-state index contributed by atoms with van der Waals surface area (Å²) in [7, 11) is 0. The molecule has 0 bridgehead atoms. The summed E-state index contributed by atoms with van der Waals surface area (Å²) in [6.45, 7) is 2.24. The SMILES string of the molecule is C[C@@H](NC(c1cccc(CC2SC(=O)NC2=O)c1)C1CCCCC1)c1ccccc1. The van der Waals surface area contributed by atoms with Gasteiger partial charge in [0.1, 0.15) is 0 Å². The number of carbonyl (C=O) groups excluding carboxylic acids is 2. The molecule has 158 valence electrons. The van der Waals surface area contributed by atoms with Crippen LogP contribution in [0.15, 0.2) is 54.6 Å². The van der Waals surface area contributed by atoms with Gasteiger partial charge in [-0.1, -0.05) is 85.6 Å². The van der Waals surface area contributed by atoms with Crippen molar-refractivity contribution in [1.82, 2.24) is 10.6 Å². The molecule has 1 saturated carbocycles. The number of rotatable bonds is 7. The molecular formula is C25H30N2O2S. The summed E-state index contributed by atoms with van der Waals surface area (Å²) >= 11 is 1.10. The van der Waals surface area contributed by atoms with Crippen molar-refractivity contribution in [2.24, 2.45) is 5.92 Å². The van der Waals surface area contributed by atoms with Gasteiger partial charge in [0.2, 0.25) is 5.91 Å². The Balaban J connectivity index is 1.55. The average Bonchev–Trinajstić information content (AvgIpc) is 3.09. The van der Waals surface area contributed by atoms with Crippen molar-refractivity contribution >= 4 is 22.9 Å². The molecule has 4 rings (SSSR count). The first-order valence-electron chi connectivity index (χ1n) is 11.0. The van der Waals surface area contributed by atoms with Crippen LogP contribution in [-0.2, 0) is 11.2 Å². The fraction of sp³-hybridized carbons (Fsp3) is 0.440. The fourth-order valence-electron chi connectivity index (χ4n) is 4.73. The topological polar surface area (TPSA) is 58.2 Å². The number of carbonyl (C=O) groups is 2. The van der Waals surface area contributed by atoms with Crippen LogP contribution in [0.1, 0.15) is 67.8 Å². The number of amides is 2. The lowest BCUT2D eigenvalue weighted by Gasteiger charge is -2.34. The van der Waals surface area contributed by atoms with Gasteiger partial charge in [-0.2, -0.15) is 0 Å². The fourth-order valence-corrected chi connectivity index (χ4v) is 5.59. The Bertz CT molecular complexity index is 880. The van der Waals surface area contributed by atoms with E-state index in [2.05, 4.69) is 72.2 Å². The van der Waals surface area contributed by atoms with E-state index in [1.165, 1.54) is 43.2 Å². The zero-order chi connectivity index (χ0) is 20.9. The van der Waals surface area contributed by atoms with E-state index in [-0.39, 0.29) is 28.5 Å². The van der Waals surface area contributed by atoms with Gasteiger partial charge in [0.15, 0.2) is 0 Å². The number of hydrogen-bond acceptors (Lipinski definition) is 4. The second-order valence-corrected chi connectivity index (χ2v) is 9.68. The van der Waals surface area contributed by atoms with Crippen molar-refractivity contribution in [2.75, 3.05) is 0 Å². The summed E-state index contributed by atoms with van der Waals surface area (Å²) in [6, 6.07) is 19.7. The molecule has 2 amide bonds. The Morgan fingerprint density at radius 3 is 2.43 bits per heavy atom. The molecule has 5 heteroatoms. The van der Waals surface area contributed by atoms with Crippen molar-refractivity contribution < 1.29 is 9.59 Å². The lowest BCUT2D eigenvalue weighted by atomic mass is 9.80. The molecule has 2 unspecified atom stereocenters. The molecule has 1 aliphatic carbocycles. The third-order valence-corrected chi connectivity index (χ3v) is 7.33. The largest absolute Gasteiger partial charge is 0.303 e. The molecular weight excluding hydrogens is 392 g/mol. The minimum absolute atomic E-state index is 0.171. The molecule has 2 aromatic rings. The third kappa shape index (κ3) is 5.13. The molecule has 1 heterocycles. The molecule has 3 atom stereocenters. The summed E-state index contributed by atoms with van der Waals surface area (Å²) in [4.78, 5) is 23.5. The van der Waals surface area contributed by atoms with E-state index in [9.17, 15) is 9.59 Å². The molecule has 0 aromatic heterocycles. The highest BCUT2D eigenvalue weighted by atomic mass is 32.2. The molecule has 2 aromatic carbocycles. The van der Waals surface area contributed by atoms with Crippen molar-refractivity contribution in [3.8, 4) is 0 Å². The molecule has 0 spiro atoms. The molecule has 2 aliphatic rings. The quantitative estimate of drug-likeness (QED) is 0.614. The van der Waals surface area contributed by atoms with Gasteiger partial charge in [-0.05, 0) is 48.8 Å². The standard InChI is InChI=1S/C25H30N2O2S/c1-17(19-10-4-2-5-11-19)26-23(20-12-6-3-7-13-20)21-14-8-9-18(15-21)16-22-24(28)27-25(29)30-22/h2,4-5,8-11,14-15,17,20,22-23,26H,3,6-7,12-13,16H2,1H3,(H,27,28,29)/t17-,22?,23?/m1/s1. The number of benzene rings is 2. The van der Waals surface area contributed by atoms with Crippen LogP contribution in [0.4, 0.5) is 4.79 Å². The van der Waals surface area contributed by atoms with Gasteiger partial charge in [-0.3, -0.25) is 14.9 Å².